The lowest BCUT2D eigenvalue weighted by atomic mass is 9.90. The summed E-state index contributed by atoms with van der Waals surface area (Å²) in [6.07, 6.45) is 4.88. The van der Waals surface area contributed by atoms with Crippen molar-refractivity contribution in [1.29, 1.82) is 0 Å². The highest BCUT2D eigenvalue weighted by molar-refractivity contribution is 6.46. The Labute approximate surface area is 194 Å². The lowest BCUT2D eigenvalue weighted by molar-refractivity contribution is -0.141. The quantitative estimate of drug-likeness (QED) is 0.392. The zero-order valence-corrected chi connectivity index (χ0v) is 19.7. The molecular formula is C27H31NO5. The third kappa shape index (κ3) is 4.10. The second-order valence-electron chi connectivity index (χ2n) is 8.93. The first kappa shape index (κ1) is 22.9. The monoisotopic (exact) mass is 449 g/mol. The molecule has 4 rings (SSSR count). The van der Waals surface area contributed by atoms with Crippen LogP contribution in [0.15, 0.2) is 42.0 Å². The molecule has 174 valence electrons. The molecule has 1 N–H and O–H groups in total. The van der Waals surface area contributed by atoms with E-state index in [-0.39, 0.29) is 17.4 Å². The van der Waals surface area contributed by atoms with Crippen molar-refractivity contribution in [3.8, 4) is 11.5 Å². The SMILES string of the molecule is COc1ccc(C2/C(=C(\O)c3cc(C)cc(C)c3OC)C(=O)C(=O)N2C2CCCCC2)cc1. The summed E-state index contributed by atoms with van der Waals surface area (Å²) in [6, 6.07) is 10.4. The predicted molar refractivity (Wildman–Crippen MR) is 126 cm³/mol. The number of likely N-dealkylation sites (tertiary alicyclic amines) is 1. The van der Waals surface area contributed by atoms with Crippen molar-refractivity contribution in [2.75, 3.05) is 14.2 Å². The maximum Gasteiger partial charge on any atom is 0.295 e. The number of methoxy groups -OCH3 is 2. The minimum Gasteiger partial charge on any atom is -0.507 e. The van der Waals surface area contributed by atoms with Gasteiger partial charge in [0.15, 0.2) is 0 Å². The normalized spacial score (nSPS) is 20.8. The number of rotatable bonds is 5. The Hall–Kier alpha value is -3.28. The number of carbonyl (C=O) groups excluding carboxylic acids is 2. The van der Waals surface area contributed by atoms with Gasteiger partial charge in [-0.05, 0) is 61.6 Å². The number of nitrogens with zero attached hydrogens (tertiary/aromatic N) is 1. The van der Waals surface area contributed by atoms with E-state index in [0.717, 1.165) is 48.8 Å². The Kier molecular flexibility index (Phi) is 6.45. The zero-order chi connectivity index (χ0) is 23.7. The molecule has 1 saturated carbocycles. The van der Waals surface area contributed by atoms with E-state index < -0.39 is 17.7 Å². The van der Waals surface area contributed by atoms with Gasteiger partial charge < -0.3 is 19.5 Å². The van der Waals surface area contributed by atoms with Gasteiger partial charge in [-0.2, -0.15) is 0 Å². The highest BCUT2D eigenvalue weighted by Crippen LogP contribution is 2.44. The van der Waals surface area contributed by atoms with Crippen LogP contribution in [0.4, 0.5) is 0 Å². The van der Waals surface area contributed by atoms with Crippen molar-refractivity contribution in [1.82, 2.24) is 4.90 Å². The molecule has 0 bridgehead atoms. The van der Waals surface area contributed by atoms with Crippen LogP contribution in [0.3, 0.4) is 0 Å². The lowest BCUT2D eigenvalue weighted by Gasteiger charge is -2.35. The van der Waals surface area contributed by atoms with Crippen LogP contribution >= 0.6 is 0 Å². The number of aliphatic hydroxyl groups excluding tert-OH is 1. The van der Waals surface area contributed by atoms with Gasteiger partial charge in [-0.25, -0.2) is 0 Å². The molecule has 1 unspecified atom stereocenters. The van der Waals surface area contributed by atoms with Gasteiger partial charge >= 0.3 is 0 Å². The van der Waals surface area contributed by atoms with Crippen LogP contribution < -0.4 is 9.47 Å². The third-order valence-corrected chi connectivity index (χ3v) is 6.76. The van der Waals surface area contributed by atoms with E-state index in [0.29, 0.717) is 17.1 Å². The molecule has 0 spiro atoms. The minimum absolute atomic E-state index is 0.0336. The maximum absolute atomic E-state index is 13.4. The molecule has 1 aliphatic carbocycles. The molecule has 2 aliphatic rings. The van der Waals surface area contributed by atoms with Gasteiger partial charge in [0.1, 0.15) is 17.3 Å². The molecule has 6 heteroatoms. The number of benzene rings is 2. The molecular weight excluding hydrogens is 418 g/mol. The fourth-order valence-electron chi connectivity index (χ4n) is 5.25. The van der Waals surface area contributed by atoms with E-state index in [1.54, 1.807) is 18.1 Å². The number of hydrogen-bond acceptors (Lipinski definition) is 5. The summed E-state index contributed by atoms with van der Waals surface area (Å²) in [6.45, 7) is 3.81. The van der Waals surface area contributed by atoms with Crippen molar-refractivity contribution in [2.45, 2.75) is 58.0 Å². The Morgan fingerprint density at radius 1 is 0.970 bits per heavy atom. The number of carbonyl (C=O) groups is 2. The highest BCUT2D eigenvalue weighted by atomic mass is 16.5. The molecule has 2 aromatic carbocycles. The van der Waals surface area contributed by atoms with Crippen LogP contribution in [-0.4, -0.2) is 42.0 Å². The predicted octanol–water partition coefficient (Wildman–Crippen LogP) is 5.08. The van der Waals surface area contributed by atoms with Crippen molar-refractivity contribution in [2.24, 2.45) is 0 Å². The molecule has 1 atom stereocenters. The number of ketones is 1. The average molecular weight is 450 g/mol. The molecule has 6 nitrogen and oxygen atoms in total. The molecule has 0 aromatic heterocycles. The fraction of sp³-hybridized carbons (Fsp3) is 0.407. The van der Waals surface area contributed by atoms with Gasteiger partial charge in [0, 0.05) is 6.04 Å². The minimum atomic E-state index is -0.662. The molecule has 1 saturated heterocycles. The average Bonchev–Trinajstić information content (AvgIpc) is 3.09. The first-order valence-corrected chi connectivity index (χ1v) is 11.5. The summed E-state index contributed by atoms with van der Waals surface area (Å²) < 4.78 is 10.9. The van der Waals surface area contributed by atoms with Crippen molar-refractivity contribution in [3.05, 3.63) is 64.2 Å². The largest absolute Gasteiger partial charge is 0.507 e. The number of amides is 1. The Morgan fingerprint density at radius 2 is 1.64 bits per heavy atom. The van der Waals surface area contributed by atoms with Gasteiger partial charge in [-0.3, -0.25) is 9.59 Å². The number of Topliss-reactive ketones (excluding diaryl/α,β-unsaturated/α-hetero) is 1. The Morgan fingerprint density at radius 3 is 2.24 bits per heavy atom. The summed E-state index contributed by atoms with van der Waals surface area (Å²) in [7, 11) is 3.13. The first-order valence-electron chi connectivity index (χ1n) is 11.5. The van der Waals surface area contributed by atoms with Crippen LogP contribution in [0.1, 0.15) is 60.4 Å². The van der Waals surface area contributed by atoms with E-state index in [1.807, 2.05) is 44.2 Å². The number of ether oxygens (including phenoxy) is 2. The van der Waals surface area contributed by atoms with Crippen LogP contribution in [-0.2, 0) is 9.59 Å². The Bertz CT molecular complexity index is 1100. The molecule has 1 amide bonds. The van der Waals surface area contributed by atoms with E-state index in [1.165, 1.54) is 7.11 Å². The van der Waals surface area contributed by atoms with Crippen molar-refractivity contribution in [3.63, 3.8) is 0 Å². The molecule has 0 radical (unpaired) electrons. The van der Waals surface area contributed by atoms with Gasteiger partial charge in [0.05, 0.1) is 31.4 Å². The molecule has 1 heterocycles. The van der Waals surface area contributed by atoms with Crippen LogP contribution in [0.5, 0.6) is 11.5 Å². The summed E-state index contributed by atoms with van der Waals surface area (Å²) >= 11 is 0. The maximum atomic E-state index is 13.4. The molecule has 2 aromatic rings. The van der Waals surface area contributed by atoms with Gasteiger partial charge in [0.25, 0.3) is 11.7 Å². The summed E-state index contributed by atoms with van der Waals surface area (Å²) in [5.41, 5.74) is 3.08. The van der Waals surface area contributed by atoms with Gasteiger partial charge in [-0.15, -0.1) is 0 Å². The zero-order valence-electron chi connectivity index (χ0n) is 19.7. The molecule has 1 aliphatic heterocycles. The first-order chi connectivity index (χ1) is 15.9. The van der Waals surface area contributed by atoms with Gasteiger partial charge in [-0.1, -0.05) is 37.5 Å². The van der Waals surface area contributed by atoms with Crippen LogP contribution in [0.2, 0.25) is 0 Å². The van der Waals surface area contributed by atoms with E-state index in [9.17, 15) is 14.7 Å². The second kappa shape index (κ2) is 9.30. The highest BCUT2D eigenvalue weighted by Gasteiger charge is 2.49. The summed E-state index contributed by atoms with van der Waals surface area (Å²) in [4.78, 5) is 28.4. The molecule has 33 heavy (non-hydrogen) atoms. The number of aryl methyl sites for hydroxylation is 2. The smallest absolute Gasteiger partial charge is 0.295 e. The van der Waals surface area contributed by atoms with E-state index in [4.69, 9.17) is 9.47 Å². The number of hydrogen-bond donors (Lipinski definition) is 1. The summed E-state index contributed by atoms with van der Waals surface area (Å²) in [5.74, 6) is -0.219. The van der Waals surface area contributed by atoms with Crippen LogP contribution in [0.25, 0.3) is 5.76 Å². The summed E-state index contributed by atoms with van der Waals surface area (Å²) in [5, 5.41) is 11.5. The number of aliphatic hydroxyl groups is 1. The second-order valence-corrected chi connectivity index (χ2v) is 8.93. The van der Waals surface area contributed by atoms with Crippen molar-refractivity contribution < 1.29 is 24.2 Å². The standard InChI is InChI=1S/C27H31NO5/c1-16-14-17(2)26(33-4)21(15-16)24(29)22-23(18-10-12-20(32-3)13-11-18)28(27(31)25(22)30)19-8-6-5-7-9-19/h10-15,19,23,29H,5-9H2,1-4H3/b24-22+. The topological polar surface area (TPSA) is 76.1 Å². The molecule has 2 fully saturated rings. The van der Waals surface area contributed by atoms with Crippen molar-refractivity contribution >= 4 is 17.4 Å². The van der Waals surface area contributed by atoms with Gasteiger partial charge in [0.2, 0.25) is 0 Å². The van der Waals surface area contributed by atoms with E-state index in [2.05, 4.69) is 0 Å². The third-order valence-electron chi connectivity index (χ3n) is 6.76. The Balaban J connectivity index is 1.92. The van der Waals surface area contributed by atoms with E-state index >= 15 is 0 Å². The fourth-order valence-corrected chi connectivity index (χ4v) is 5.25. The van der Waals surface area contributed by atoms with Crippen LogP contribution in [0, 0.1) is 13.8 Å². The lowest BCUT2D eigenvalue weighted by Crippen LogP contribution is -2.40.